The van der Waals surface area contributed by atoms with Gasteiger partial charge in [-0.3, -0.25) is 9.20 Å². The van der Waals surface area contributed by atoms with Crippen molar-refractivity contribution in [1.29, 1.82) is 0 Å². The number of nitrogens with one attached hydrogen (secondary N) is 1. The zero-order valence-electron chi connectivity index (χ0n) is 23.7. The number of methoxy groups -OCH3 is 1. The fourth-order valence-corrected chi connectivity index (χ4v) is 5.27. The highest BCUT2D eigenvalue weighted by atomic mass is 16.6. The van der Waals surface area contributed by atoms with Crippen LogP contribution >= 0.6 is 0 Å². The van der Waals surface area contributed by atoms with E-state index < -0.39 is 17.2 Å². The SMILES string of the molecule is COCCCC(=O)c1ccc2nc(-c3ccc(C4(NC(=O)OC(C)(C)C)CCC4)cc3)c(-c3ccccc3)n2c1. The molecule has 7 heteroatoms. The van der Waals surface area contributed by atoms with Gasteiger partial charge in [0.1, 0.15) is 11.2 Å². The predicted octanol–water partition coefficient (Wildman–Crippen LogP) is 7.18. The van der Waals surface area contributed by atoms with Crippen molar-refractivity contribution >= 4 is 17.5 Å². The molecule has 2 aromatic heterocycles. The molecule has 0 unspecified atom stereocenters. The van der Waals surface area contributed by atoms with E-state index in [9.17, 15) is 9.59 Å². The number of imidazole rings is 1. The third-order valence-electron chi connectivity index (χ3n) is 7.40. The third kappa shape index (κ3) is 5.80. The third-order valence-corrected chi connectivity index (χ3v) is 7.40. The Morgan fingerprint density at radius 3 is 2.33 bits per heavy atom. The summed E-state index contributed by atoms with van der Waals surface area (Å²) in [7, 11) is 1.64. The molecule has 4 aromatic rings. The first-order valence-corrected chi connectivity index (χ1v) is 13.9. The van der Waals surface area contributed by atoms with Gasteiger partial charge in [0.15, 0.2) is 5.78 Å². The molecule has 2 heterocycles. The van der Waals surface area contributed by atoms with Crippen molar-refractivity contribution in [2.75, 3.05) is 13.7 Å². The monoisotopic (exact) mass is 539 g/mol. The number of ether oxygens (including phenoxy) is 2. The molecular formula is C33H37N3O4. The molecule has 2 aromatic carbocycles. The first-order valence-electron chi connectivity index (χ1n) is 13.9. The summed E-state index contributed by atoms with van der Waals surface area (Å²) in [5, 5.41) is 3.13. The molecule has 0 aliphatic heterocycles. The molecule has 0 spiro atoms. The molecule has 0 bridgehead atoms. The van der Waals surface area contributed by atoms with Crippen LogP contribution in [0.15, 0.2) is 72.9 Å². The van der Waals surface area contributed by atoms with Gasteiger partial charge in [-0.15, -0.1) is 0 Å². The first-order chi connectivity index (χ1) is 19.2. The van der Waals surface area contributed by atoms with E-state index in [4.69, 9.17) is 14.5 Å². The van der Waals surface area contributed by atoms with Crippen molar-refractivity contribution in [3.63, 3.8) is 0 Å². The molecule has 40 heavy (non-hydrogen) atoms. The van der Waals surface area contributed by atoms with E-state index in [2.05, 4.69) is 41.7 Å². The fraction of sp³-hybridized carbons (Fsp3) is 0.364. The summed E-state index contributed by atoms with van der Waals surface area (Å²) in [4.78, 5) is 30.5. The number of amides is 1. The average Bonchev–Trinajstić information content (AvgIpc) is 3.29. The number of nitrogens with zero attached hydrogens (tertiary/aromatic N) is 2. The van der Waals surface area contributed by atoms with Crippen molar-refractivity contribution in [3.05, 3.63) is 84.1 Å². The van der Waals surface area contributed by atoms with E-state index in [1.165, 1.54) is 0 Å². The summed E-state index contributed by atoms with van der Waals surface area (Å²) >= 11 is 0. The van der Waals surface area contributed by atoms with Crippen LogP contribution in [0.5, 0.6) is 0 Å². The van der Waals surface area contributed by atoms with Crippen LogP contribution in [0.4, 0.5) is 4.79 Å². The summed E-state index contributed by atoms with van der Waals surface area (Å²) in [6.45, 7) is 6.17. The summed E-state index contributed by atoms with van der Waals surface area (Å²) in [6.07, 6.45) is 5.41. The quantitative estimate of drug-likeness (QED) is 0.180. The van der Waals surface area contributed by atoms with Crippen LogP contribution in [0.25, 0.3) is 28.2 Å². The van der Waals surface area contributed by atoms with Crippen LogP contribution in [0.3, 0.4) is 0 Å². The second-order valence-corrected chi connectivity index (χ2v) is 11.5. The number of fused-ring (bicyclic) bond motifs is 1. The first kappa shape index (κ1) is 27.6. The number of carbonyl (C=O) groups excluding carboxylic acids is 2. The number of ketones is 1. The Morgan fingerprint density at radius 2 is 1.70 bits per heavy atom. The number of rotatable bonds is 9. The molecular weight excluding hydrogens is 502 g/mol. The van der Waals surface area contributed by atoms with E-state index in [1.54, 1.807) is 7.11 Å². The molecule has 1 saturated carbocycles. The number of Topliss-reactive ketones (excluding diaryl/α,β-unsaturated/α-hetero) is 1. The predicted molar refractivity (Wildman–Crippen MR) is 156 cm³/mol. The molecule has 1 aliphatic carbocycles. The zero-order chi connectivity index (χ0) is 28.3. The van der Waals surface area contributed by atoms with Gasteiger partial charge in [-0.2, -0.15) is 0 Å². The minimum absolute atomic E-state index is 0.0841. The smallest absolute Gasteiger partial charge is 0.408 e. The van der Waals surface area contributed by atoms with Crippen LogP contribution in [0, 0.1) is 0 Å². The number of hydrogen-bond donors (Lipinski definition) is 1. The minimum atomic E-state index is -0.551. The summed E-state index contributed by atoms with van der Waals surface area (Å²) in [6, 6.07) is 22.2. The molecule has 208 valence electrons. The van der Waals surface area contributed by atoms with Gasteiger partial charge in [-0.1, -0.05) is 54.6 Å². The summed E-state index contributed by atoms with van der Waals surface area (Å²) in [5.41, 5.74) is 5.26. The molecule has 5 rings (SSSR count). The minimum Gasteiger partial charge on any atom is -0.444 e. The second-order valence-electron chi connectivity index (χ2n) is 11.5. The van der Waals surface area contributed by atoms with Crippen molar-refractivity contribution in [2.45, 2.75) is 64.0 Å². The van der Waals surface area contributed by atoms with Crippen LogP contribution in [-0.2, 0) is 15.0 Å². The normalized spacial score (nSPS) is 14.5. The Morgan fingerprint density at radius 1 is 0.975 bits per heavy atom. The topological polar surface area (TPSA) is 81.9 Å². The Labute approximate surface area is 235 Å². The molecule has 0 saturated heterocycles. The highest BCUT2D eigenvalue weighted by Crippen LogP contribution is 2.42. The van der Waals surface area contributed by atoms with E-state index in [0.717, 1.165) is 53.0 Å². The Balaban J connectivity index is 1.50. The van der Waals surface area contributed by atoms with Gasteiger partial charge in [0, 0.05) is 43.0 Å². The van der Waals surface area contributed by atoms with E-state index in [-0.39, 0.29) is 5.78 Å². The number of benzene rings is 2. The molecule has 1 N–H and O–H groups in total. The lowest BCUT2D eigenvalue weighted by Crippen LogP contribution is -2.52. The van der Waals surface area contributed by atoms with Gasteiger partial charge < -0.3 is 14.8 Å². The van der Waals surface area contributed by atoms with Crippen molar-refractivity contribution in [1.82, 2.24) is 14.7 Å². The number of pyridine rings is 1. The Hall–Kier alpha value is -3.97. The van der Waals surface area contributed by atoms with E-state index in [0.29, 0.717) is 25.0 Å². The van der Waals surface area contributed by atoms with Gasteiger partial charge in [-0.25, -0.2) is 9.78 Å². The average molecular weight is 540 g/mol. The van der Waals surface area contributed by atoms with E-state index in [1.807, 2.05) is 61.7 Å². The van der Waals surface area contributed by atoms with Gasteiger partial charge >= 0.3 is 6.09 Å². The van der Waals surface area contributed by atoms with Crippen LogP contribution in [0.2, 0.25) is 0 Å². The molecule has 1 amide bonds. The molecule has 0 atom stereocenters. The lowest BCUT2D eigenvalue weighted by atomic mass is 9.71. The highest BCUT2D eigenvalue weighted by Gasteiger charge is 2.41. The van der Waals surface area contributed by atoms with Crippen molar-refractivity contribution in [3.8, 4) is 22.5 Å². The molecule has 1 fully saturated rings. The Bertz CT molecular complexity index is 1500. The highest BCUT2D eigenvalue weighted by molar-refractivity contribution is 5.96. The van der Waals surface area contributed by atoms with E-state index >= 15 is 0 Å². The molecule has 0 radical (unpaired) electrons. The maximum atomic E-state index is 12.9. The van der Waals surface area contributed by atoms with Crippen molar-refractivity contribution < 1.29 is 19.1 Å². The van der Waals surface area contributed by atoms with Crippen LogP contribution < -0.4 is 5.32 Å². The number of hydrogen-bond acceptors (Lipinski definition) is 5. The summed E-state index contributed by atoms with van der Waals surface area (Å²) in [5.74, 6) is 0.0841. The van der Waals surface area contributed by atoms with Gasteiger partial charge in [-0.05, 0) is 64.2 Å². The number of carbonyl (C=O) groups is 2. The maximum absolute atomic E-state index is 12.9. The number of aromatic nitrogens is 2. The van der Waals surface area contributed by atoms with Gasteiger partial charge in [0.25, 0.3) is 0 Å². The lowest BCUT2D eigenvalue weighted by Gasteiger charge is -2.43. The second kappa shape index (κ2) is 11.3. The van der Waals surface area contributed by atoms with Gasteiger partial charge in [0.2, 0.25) is 0 Å². The zero-order valence-corrected chi connectivity index (χ0v) is 23.7. The van der Waals surface area contributed by atoms with Crippen LogP contribution in [0.1, 0.15) is 68.8 Å². The lowest BCUT2D eigenvalue weighted by molar-refractivity contribution is 0.0377. The standard InChI is InChI=1S/C33H37N3O4/c1-32(2,3)40-31(38)35-33(19-9-20-33)26-16-13-23(14-17-26)29-30(24-10-6-5-7-11-24)36-22-25(15-18-28(36)34-29)27(37)12-8-21-39-4/h5-7,10-11,13-18,22H,8-9,12,19-21H2,1-4H3,(H,35,38). The number of alkyl carbamates (subject to hydrolysis) is 1. The fourth-order valence-electron chi connectivity index (χ4n) is 5.27. The Kier molecular flexibility index (Phi) is 7.76. The molecule has 1 aliphatic rings. The summed E-state index contributed by atoms with van der Waals surface area (Å²) < 4.78 is 12.7. The van der Waals surface area contributed by atoms with Gasteiger partial charge in [0.05, 0.1) is 16.9 Å². The van der Waals surface area contributed by atoms with Crippen molar-refractivity contribution in [2.24, 2.45) is 0 Å². The largest absolute Gasteiger partial charge is 0.444 e. The molecule has 7 nitrogen and oxygen atoms in total. The van der Waals surface area contributed by atoms with Crippen LogP contribution in [-0.4, -0.2) is 40.6 Å². The maximum Gasteiger partial charge on any atom is 0.408 e.